The summed E-state index contributed by atoms with van der Waals surface area (Å²) in [5.74, 6) is 5.05. The highest BCUT2D eigenvalue weighted by Crippen LogP contribution is 2.08. The quantitative estimate of drug-likeness (QED) is 0.224. The zero-order chi connectivity index (χ0) is 7.23. The second-order valence-corrected chi connectivity index (χ2v) is 2.34. The molecule has 1 rings (SSSR count). The van der Waals surface area contributed by atoms with Crippen molar-refractivity contribution in [1.82, 2.24) is 5.43 Å². The van der Waals surface area contributed by atoms with Gasteiger partial charge < -0.3 is 9.47 Å². The predicted molar refractivity (Wildman–Crippen MR) is 37.4 cm³/mol. The fourth-order valence-electron chi connectivity index (χ4n) is 0.655. The summed E-state index contributed by atoms with van der Waals surface area (Å²) in [5.41, 5.74) is 2.56. The molecule has 1 unspecified atom stereocenters. The van der Waals surface area contributed by atoms with Crippen molar-refractivity contribution >= 4 is 0 Å². The molecule has 60 valence electrons. The maximum atomic E-state index is 5.24. The third kappa shape index (κ3) is 3.79. The van der Waals surface area contributed by atoms with Crippen LogP contribution in [0.5, 0.6) is 0 Å². The van der Waals surface area contributed by atoms with E-state index in [9.17, 15) is 0 Å². The molecule has 1 heterocycles. The lowest BCUT2D eigenvalue weighted by Crippen LogP contribution is -2.24. The largest absolute Gasteiger partial charge is 0.379 e. The molecule has 3 N–H and O–H groups in total. The second kappa shape index (κ2) is 4.62. The summed E-state index contributed by atoms with van der Waals surface area (Å²) in [5, 5.41) is 0. The van der Waals surface area contributed by atoms with Gasteiger partial charge in [-0.05, 0) is 6.42 Å². The van der Waals surface area contributed by atoms with Crippen LogP contribution in [0.1, 0.15) is 6.42 Å². The monoisotopic (exact) mass is 146 g/mol. The number of ether oxygens (including phenoxy) is 2. The number of hydrogen-bond donors (Lipinski definition) is 2. The molecule has 0 amide bonds. The molecule has 1 aliphatic rings. The van der Waals surface area contributed by atoms with Gasteiger partial charge in [0.25, 0.3) is 0 Å². The first-order valence-electron chi connectivity index (χ1n) is 3.56. The molecular formula is C6H14N2O2. The van der Waals surface area contributed by atoms with Gasteiger partial charge >= 0.3 is 0 Å². The highest BCUT2D eigenvalue weighted by Gasteiger charge is 2.21. The molecule has 0 aliphatic carbocycles. The Kier molecular flexibility index (Phi) is 3.67. The minimum Gasteiger partial charge on any atom is -0.379 e. The van der Waals surface area contributed by atoms with Crippen LogP contribution in [0.3, 0.4) is 0 Å². The van der Waals surface area contributed by atoms with Crippen LogP contribution in [0, 0.1) is 0 Å². The summed E-state index contributed by atoms with van der Waals surface area (Å²) in [6.45, 7) is 3.19. The van der Waals surface area contributed by atoms with Gasteiger partial charge in [-0.3, -0.25) is 11.3 Å². The first kappa shape index (κ1) is 7.94. The van der Waals surface area contributed by atoms with Crippen molar-refractivity contribution in [3.05, 3.63) is 0 Å². The number of rotatable bonds is 6. The van der Waals surface area contributed by atoms with Crippen LogP contribution >= 0.6 is 0 Å². The van der Waals surface area contributed by atoms with E-state index in [2.05, 4.69) is 5.43 Å². The molecule has 1 atom stereocenters. The van der Waals surface area contributed by atoms with Crippen molar-refractivity contribution < 1.29 is 9.47 Å². The van der Waals surface area contributed by atoms with Gasteiger partial charge in [-0.2, -0.15) is 0 Å². The van der Waals surface area contributed by atoms with Crippen LogP contribution in [0.2, 0.25) is 0 Å². The zero-order valence-electron chi connectivity index (χ0n) is 6.01. The molecule has 0 saturated carbocycles. The fraction of sp³-hybridized carbons (Fsp3) is 1.00. The second-order valence-electron chi connectivity index (χ2n) is 2.34. The third-order valence-electron chi connectivity index (χ3n) is 1.32. The van der Waals surface area contributed by atoms with Gasteiger partial charge in [-0.25, -0.2) is 0 Å². The highest BCUT2D eigenvalue weighted by molar-refractivity contribution is 4.66. The minimum absolute atomic E-state index is 0.380. The Morgan fingerprint density at radius 2 is 2.50 bits per heavy atom. The average molecular weight is 146 g/mol. The molecule has 4 heteroatoms. The van der Waals surface area contributed by atoms with Crippen LogP contribution in [0.15, 0.2) is 0 Å². The molecule has 1 aliphatic heterocycles. The van der Waals surface area contributed by atoms with E-state index in [1.165, 1.54) is 0 Å². The molecule has 1 fully saturated rings. The lowest BCUT2D eigenvalue weighted by atomic mass is 10.4. The van der Waals surface area contributed by atoms with Crippen LogP contribution < -0.4 is 11.3 Å². The Bertz CT molecular complexity index is 85.8. The van der Waals surface area contributed by atoms with E-state index in [1.807, 2.05) is 0 Å². The summed E-state index contributed by atoms with van der Waals surface area (Å²) in [4.78, 5) is 0. The Hall–Kier alpha value is -0.160. The molecule has 0 aromatic rings. The smallest absolute Gasteiger partial charge is 0.104 e. The summed E-state index contributed by atoms with van der Waals surface area (Å²) in [6, 6.07) is 0. The molecule has 0 spiro atoms. The number of hydrazine groups is 1. The summed E-state index contributed by atoms with van der Waals surface area (Å²) < 4.78 is 10.2. The van der Waals surface area contributed by atoms with Gasteiger partial charge in [0, 0.05) is 13.2 Å². The van der Waals surface area contributed by atoms with Crippen LogP contribution in [-0.2, 0) is 9.47 Å². The molecule has 10 heavy (non-hydrogen) atoms. The maximum Gasteiger partial charge on any atom is 0.104 e. The Morgan fingerprint density at radius 1 is 1.70 bits per heavy atom. The van der Waals surface area contributed by atoms with E-state index < -0.39 is 0 Å². The van der Waals surface area contributed by atoms with Gasteiger partial charge in [0.1, 0.15) is 6.10 Å². The zero-order valence-corrected chi connectivity index (χ0v) is 6.01. The molecule has 0 radical (unpaired) electrons. The number of hydrogen-bond acceptors (Lipinski definition) is 4. The Morgan fingerprint density at radius 3 is 3.10 bits per heavy atom. The first-order chi connectivity index (χ1) is 4.93. The van der Waals surface area contributed by atoms with Gasteiger partial charge in [0.05, 0.1) is 13.2 Å². The molecule has 0 bridgehead atoms. The van der Waals surface area contributed by atoms with E-state index in [0.717, 1.165) is 32.8 Å². The van der Waals surface area contributed by atoms with Crippen molar-refractivity contribution in [2.45, 2.75) is 12.5 Å². The maximum absolute atomic E-state index is 5.24. The summed E-state index contributed by atoms with van der Waals surface area (Å²) in [6.07, 6.45) is 1.34. The minimum atomic E-state index is 0.380. The number of nitrogens with one attached hydrogen (secondary N) is 1. The molecule has 0 aromatic carbocycles. The number of nitrogens with two attached hydrogens (primary N) is 1. The van der Waals surface area contributed by atoms with E-state index >= 15 is 0 Å². The van der Waals surface area contributed by atoms with Crippen molar-refractivity contribution in [1.29, 1.82) is 0 Å². The topological polar surface area (TPSA) is 59.8 Å². The number of epoxide rings is 1. The van der Waals surface area contributed by atoms with Gasteiger partial charge in [0.15, 0.2) is 0 Å². The van der Waals surface area contributed by atoms with Crippen molar-refractivity contribution in [3.63, 3.8) is 0 Å². The van der Waals surface area contributed by atoms with Gasteiger partial charge in [-0.15, -0.1) is 0 Å². The standard InChI is InChI=1S/C6H14N2O2/c7-8-2-1-3-9-4-6-5-10-6/h6,8H,1-5,7H2. The molecular weight excluding hydrogens is 132 g/mol. The predicted octanol–water partition coefficient (Wildman–Crippen LogP) is -0.745. The van der Waals surface area contributed by atoms with Crippen molar-refractivity contribution in [3.8, 4) is 0 Å². The highest BCUT2D eigenvalue weighted by atomic mass is 16.6. The van der Waals surface area contributed by atoms with E-state index in [4.69, 9.17) is 15.3 Å². The molecule has 4 nitrogen and oxygen atoms in total. The Balaban J connectivity index is 1.68. The average Bonchev–Trinajstić information content (AvgIpc) is 2.71. The van der Waals surface area contributed by atoms with Crippen molar-refractivity contribution in [2.24, 2.45) is 5.84 Å². The molecule has 1 saturated heterocycles. The lowest BCUT2D eigenvalue weighted by molar-refractivity contribution is 0.114. The molecule has 0 aromatic heterocycles. The first-order valence-corrected chi connectivity index (χ1v) is 3.56. The van der Waals surface area contributed by atoms with E-state index in [-0.39, 0.29) is 0 Å². The van der Waals surface area contributed by atoms with E-state index in [1.54, 1.807) is 0 Å². The van der Waals surface area contributed by atoms with E-state index in [0.29, 0.717) is 6.10 Å². The summed E-state index contributed by atoms with van der Waals surface area (Å²) in [7, 11) is 0. The van der Waals surface area contributed by atoms with Gasteiger partial charge in [0.2, 0.25) is 0 Å². The van der Waals surface area contributed by atoms with Crippen LogP contribution in [0.25, 0.3) is 0 Å². The van der Waals surface area contributed by atoms with Crippen LogP contribution in [0.4, 0.5) is 0 Å². The lowest BCUT2D eigenvalue weighted by Gasteiger charge is -2.00. The fourth-order valence-corrected chi connectivity index (χ4v) is 0.655. The Labute approximate surface area is 60.6 Å². The van der Waals surface area contributed by atoms with Crippen LogP contribution in [-0.4, -0.2) is 32.5 Å². The third-order valence-corrected chi connectivity index (χ3v) is 1.32. The van der Waals surface area contributed by atoms with Crippen molar-refractivity contribution in [2.75, 3.05) is 26.4 Å². The summed E-state index contributed by atoms with van der Waals surface area (Å²) >= 11 is 0. The SMILES string of the molecule is NNCCCOCC1CO1. The normalized spacial score (nSPS) is 23.1. The van der Waals surface area contributed by atoms with Gasteiger partial charge in [-0.1, -0.05) is 0 Å².